The van der Waals surface area contributed by atoms with E-state index in [2.05, 4.69) is 5.32 Å². The summed E-state index contributed by atoms with van der Waals surface area (Å²) in [6.07, 6.45) is -0.927. The number of sulfonamides is 1. The molecule has 1 aromatic rings. The van der Waals surface area contributed by atoms with E-state index in [1.54, 1.807) is 6.92 Å². The van der Waals surface area contributed by atoms with E-state index < -0.39 is 33.6 Å². The Hall–Kier alpha value is -2.13. The number of nitrogens with two attached hydrogens (primary N) is 1. The van der Waals surface area contributed by atoms with Crippen molar-refractivity contribution in [2.45, 2.75) is 24.8 Å². The standard InChI is InChI=1S/C12H16N2O6S/c1-3-14-11(15)7(2)20-10-5-4-8(21(13,18)19)6-9(10)12(16)17/h4-7H,3H2,1-2H3,(H,14,15)(H,16,17)(H2,13,18,19). The van der Waals surface area contributed by atoms with Crippen LogP contribution in [-0.2, 0) is 14.8 Å². The van der Waals surface area contributed by atoms with E-state index in [9.17, 15) is 18.0 Å². The van der Waals surface area contributed by atoms with E-state index in [0.29, 0.717) is 6.54 Å². The van der Waals surface area contributed by atoms with Crippen molar-refractivity contribution in [1.82, 2.24) is 5.32 Å². The van der Waals surface area contributed by atoms with E-state index >= 15 is 0 Å². The Kier molecular flexibility index (Phi) is 5.28. The summed E-state index contributed by atoms with van der Waals surface area (Å²) >= 11 is 0. The lowest BCUT2D eigenvalue weighted by Gasteiger charge is -2.16. The van der Waals surface area contributed by atoms with Crippen LogP contribution in [0, 0.1) is 0 Å². The molecular weight excluding hydrogens is 300 g/mol. The number of ether oxygens (including phenoxy) is 1. The molecule has 0 heterocycles. The molecule has 21 heavy (non-hydrogen) atoms. The van der Waals surface area contributed by atoms with Crippen LogP contribution in [0.3, 0.4) is 0 Å². The van der Waals surface area contributed by atoms with Crippen molar-refractivity contribution in [2.24, 2.45) is 5.14 Å². The molecule has 1 aromatic carbocycles. The third-order valence-corrected chi connectivity index (χ3v) is 3.44. The Morgan fingerprint density at radius 1 is 1.43 bits per heavy atom. The van der Waals surface area contributed by atoms with Crippen molar-refractivity contribution in [3.05, 3.63) is 23.8 Å². The largest absolute Gasteiger partial charge is 0.480 e. The van der Waals surface area contributed by atoms with Crippen LogP contribution >= 0.6 is 0 Å². The molecule has 0 bridgehead atoms. The molecule has 0 spiro atoms. The van der Waals surface area contributed by atoms with Gasteiger partial charge in [0.2, 0.25) is 10.0 Å². The van der Waals surface area contributed by atoms with Crippen LogP contribution in [0.2, 0.25) is 0 Å². The zero-order valence-electron chi connectivity index (χ0n) is 11.5. The zero-order valence-corrected chi connectivity index (χ0v) is 12.3. The average Bonchev–Trinajstić information content (AvgIpc) is 2.37. The second kappa shape index (κ2) is 6.55. The molecule has 1 atom stereocenters. The molecule has 0 aliphatic rings. The first kappa shape index (κ1) is 16.9. The highest BCUT2D eigenvalue weighted by Gasteiger charge is 2.20. The molecular formula is C12H16N2O6S. The van der Waals surface area contributed by atoms with Gasteiger partial charge in [0.15, 0.2) is 6.10 Å². The minimum atomic E-state index is -4.03. The van der Waals surface area contributed by atoms with Gasteiger partial charge in [-0.05, 0) is 32.0 Å². The number of hydrogen-bond acceptors (Lipinski definition) is 5. The maximum Gasteiger partial charge on any atom is 0.339 e. The van der Waals surface area contributed by atoms with Gasteiger partial charge in [0.1, 0.15) is 11.3 Å². The van der Waals surface area contributed by atoms with Gasteiger partial charge in [0, 0.05) is 6.54 Å². The molecule has 0 aromatic heterocycles. The topological polar surface area (TPSA) is 136 Å². The van der Waals surface area contributed by atoms with Crippen LogP contribution in [0.5, 0.6) is 5.75 Å². The molecule has 1 amide bonds. The van der Waals surface area contributed by atoms with Crippen molar-refractivity contribution >= 4 is 21.9 Å². The normalized spacial score (nSPS) is 12.5. The predicted molar refractivity (Wildman–Crippen MR) is 73.5 cm³/mol. The number of carbonyl (C=O) groups excluding carboxylic acids is 1. The van der Waals surface area contributed by atoms with Crippen molar-refractivity contribution in [2.75, 3.05) is 6.54 Å². The Bertz CT molecular complexity index is 656. The van der Waals surface area contributed by atoms with E-state index in [1.165, 1.54) is 6.92 Å². The van der Waals surface area contributed by atoms with E-state index in [1.807, 2.05) is 0 Å². The summed E-state index contributed by atoms with van der Waals surface area (Å²) in [7, 11) is -4.03. The number of benzene rings is 1. The van der Waals surface area contributed by atoms with Crippen molar-refractivity contribution in [3.63, 3.8) is 0 Å². The predicted octanol–water partition coefficient (Wildman–Crippen LogP) is -0.0644. The van der Waals surface area contributed by atoms with Crippen LogP contribution in [0.15, 0.2) is 23.1 Å². The maximum atomic E-state index is 11.6. The highest BCUT2D eigenvalue weighted by molar-refractivity contribution is 7.89. The number of hydrogen-bond donors (Lipinski definition) is 3. The number of aromatic carboxylic acids is 1. The molecule has 0 saturated carbocycles. The van der Waals surface area contributed by atoms with Gasteiger partial charge in [0.25, 0.3) is 5.91 Å². The van der Waals surface area contributed by atoms with Gasteiger partial charge in [-0.2, -0.15) is 0 Å². The SMILES string of the molecule is CCNC(=O)C(C)Oc1ccc(S(N)(=O)=O)cc1C(=O)O. The average molecular weight is 316 g/mol. The van der Waals surface area contributed by atoms with Gasteiger partial charge in [-0.15, -0.1) is 0 Å². The first-order valence-electron chi connectivity index (χ1n) is 6.01. The van der Waals surface area contributed by atoms with Crippen LogP contribution in [-0.4, -0.2) is 38.0 Å². The molecule has 8 nitrogen and oxygen atoms in total. The Balaban J connectivity index is 3.13. The maximum absolute atomic E-state index is 11.6. The van der Waals surface area contributed by atoms with Crippen LogP contribution in [0.25, 0.3) is 0 Å². The van der Waals surface area contributed by atoms with E-state index in [4.69, 9.17) is 15.0 Å². The molecule has 4 N–H and O–H groups in total. The van der Waals surface area contributed by atoms with Crippen molar-refractivity contribution < 1.29 is 27.9 Å². The van der Waals surface area contributed by atoms with Gasteiger partial charge >= 0.3 is 5.97 Å². The van der Waals surface area contributed by atoms with Crippen molar-refractivity contribution in [1.29, 1.82) is 0 Å². The summed E-state index contributed by atoms with van der Waals surface area (Å²) in [6.45, 7) is 3.58. The monoisotopic (exact) mass is 316 g/mol. The quantitative estimate of drug-likeness (QED) is 0.672. The third-order valence-electron chi connectivity index (χ3n) is 2.53. The second-order valence-corrected chi connectivity index (χ2v) is 5.72. The number of likely N-dealkylation sites (N-methyl/N-ethyl adjacent to an activating group) is 1. The molecule has 1 unspecified atom stereocenters. The zero-order chi connectivity index (χ0) is 16.2. The number of carbonyl (C=O) groups is 2. The number of carboxylic acids is 1. The third kappa shape index (κ3) is 4.43. The van der Waals surface area contributed by atoms with Gasteiger partial charge in [-0.25, -0.2) is 18.4 Å². The van der Waals surface area contributed by atoms with Crippen LogP contribution < -0.4 is 15.2 Å². The Morgan fingerprint density at radius 3 is 2.52 bits per heavy atom. The molecule has 9 heteroatoms. The number of amides is 1. The van der Waals surface area contributed by atoms with Crippen molar-refractivity contribution in [3.8, 4) is 5.75 Å². The lowest BCUT2D eigenvalue weighted by Crippen LogP contribution is -2.36. The summed E-state index contributed by atoms with van der Waals surface area (Å²) in [5, 5.41) is 16.6. The number of primary sulfonamides is 1. The Labute approximate surface area is 122 Å². The molecule has 0 saturated heterocycles. The fourth-order valence-electron chi connectivity index (χ4n) is 1.52. The number of carboxylic acid groups (broad SMARTS) is 1. The van der Waals surface area contributed by atoms with E-state index in [-0.39, 0.29) is 10.6 Å². The number of rotatable bonds is 6. The molecule has 0 aliphatic heterocycles. The Morgan fingerprint density at radius 2 is 2.05 bits per heavy atom. The minimum Gasteiger partial charge on any atom is -0.480 e. The molecule has 0 aliphatic carbocycles. The smallest absolute Gasteiger partial charge is 0.339 e. The lowest BCUT2D eigenvalue weighted by atomic mass is 10.2. The fourth-order valence-corrected chi connectivity index (χ4v) is 2.06. The summed E-state index contributed by atoms with van der Waals surface area (Å²) in [6, 6.07) is 3.15. The summed E-state index contributed by atoms with van der Waals surface area (Å²) in [4.78, 5) is 22.4. The molecule has 0 fully saturated rings. The molecule has 116 valence electrons. The van der Waals surface area contributed by atoms with Crippen LogP contribution in [0.4, 0.5) is 0 Å². The number of nitrogens with one attached hydrogen (secondary N) is 1. The van der Waals surface area contributed by atoms with E-state index in [0.717, 1.165) is 18.2 Å². The van der Waals surface area contributed by atoms with Gasteiger partial charge < -0.3 is 15.2 Å². The first-order valence-corrected chi connectivity index (χ1v) is 7.56. The minimum absolute atomic E-state index is 0.117. The lowest BCUT2D eigenvalue weighted by molar-refractivity contribution is -0.127. The van der Waals surface area contributed by atoms with Gasteiger partial charge in [-0.3, -0.25) is 4.79 Å². The highest BCUT2D eigenvalue weighted by Crippen LogP contribution is 2.23. The molecule has 1 rings (SSSR count). The summed E-state index contributed by atoms with van der Waals surface area (Å²) < 4.78 is 27.7. The van der Waals surface area contributed by atoms with Crippen LogP contribution in [0.1, 0.15) is 24.2 Å². The second-order valence-electron chi connectivity index (χ2n) is 4.16. The van der Waals surface area contributed by atoms with Gasteiger partial charge in [0.05, 0.1) is 4.90 Å². The molecule has 0 radical (unpaired) electrons. The fraction of sp³-hybridized carbons (Fsp3) is 0.333. The van der Waals surface area contributed by atoms with Gasteiger partial charge in [-0.1, -0.05) is 0 Å². The summed E-state index contributed by atoms with van der Waals surface area (Å²) in [5.41, 5.74) is -0.391. The first-order chi connectivity index (χ1) is 9.66. The summed E-state index contributed by atoms with van der Waals surface area (Å²) in [5.74, 6) is -1.92. The highest BCUT2D eigenvalue weighted by atomic mass is 32.2.